The quantitative estimate of drug-likeness (QED) is 0.737. The van der Waals surface area contributed by atoms with Crippen LogP contribution in [0.4, 0.5) is 4.79 Å². The van der Waals surface area contributed by atoms with Gasteiger partial charge in [0.25, 0.3) is 0 Å². The first-order valence-electron chi connectivity index (χ1n) is 5.56. The van der Waals surface area contributed by atoms with Crippen molar-refractivity contribution in [3.8, 4) is 0 Å². The van der Waals surface area contributed by atoms with Gasteiger partial charge in [-0.2, -0.15) is 11.8 Å². The fraction of sp³-hybridized carbons (Fsp3) is 0.800. The maximum atomic E-state index is 12.1. The lowest BCUT2D eigenvalue weighted by Gasteiger charge is -2.35. The molecule has 0 bridgehead atoms. The molecule has 0 aromatic carbocycles. The highest BCUT2D eigenvalue weighted by molar-refractivity contribution is 7.99. The van der Waals surface area contributed by atoms with Crippen molar-refractivity contribution in [1.29, 1.82) is 0 Å². The lowest BCUT2D eigenvalue weighted by molar-refractivity contribution is -0.141. The summed E-state index contributed by atoms with van der Waals surface area (Å²) in [6.07, 6.45) is 2.07. The van der Waals surface area contributed by atoms with Crippen LogP contribution in [0.5, 0.6) is 0 Å². The molecule has 2 fully saturated rings. The summed E-state index contributed by atoms with van der Waals surface area (Å²) >= 11 is 1.60. The zero-order valence-electron chi connectivity index (χ0n) is 9.09. The van der Waals surface area contributed by atoms with Gasteiger partial charge in [0.2, 0.25) is 0 Å². The molecule has 0 aliphatic carbocycles. The molecule has 2 aliphatic heterocycles. The number of amides is 2. The second kappa shape index (κ2) is 4.95. The predicted molar refractivity (Wildman–Crippen MR) is 61.7 cm³/mol. The summed E-state index contributed by atoms with van der Waals surface area (Å²) in [4.78, 5) is 26.4. The summed E-state index contributed by atoms with van der Waals surface area (Å²) in [5.41, 5.74) is 0. The first-order chi connectivity index (χ1) is 7.70. The van der Waals surface area contributed by atoms with Gasteiger partial charge >= 0.3 is 12.0 Å². The minimum absolute atomic E-state index is 0.0924. The lowest BCUT2D eigenvalue weighted by atomic mass is 10.3. The zero-order valence-corrected chi connectivity index (χ0v) is 9.91. The van der Waals surface area contributed by atoms with E-state index in [-0.39, 0.29) is 6.03 Å². The first kappa shape index (κ1) is 11.6. The van der Waals surface area contributed by atoms with E-state index >= 15 is 0 Å². The summed E-state index contributed by atoms with van der Waals surface area (Å²) in [5.74, 6) is 0.456. The summed E-state index contributed by atoms with van der Waals surface area (Å²) in [5, 5.41) is 9.07. The number of urea groups is 1. The number of likely N-dealkylation sites (tertiary alicyclic amines) is 1. The van der Waals surface area contributed by atoms with Crippen LogP contribution in [-0.2, 0) is 4.79 Å². The van der Waals surface area contributed by atoms with Crippen LogP contribution < -0.4 is 0 Å². The molecule has 16 heavy (non-hydrogen) atoms. The standard InChI is InChI=1S/C10H16N2O3S/c13-9(14)8-7-16-6-5-12(8)10(15)11-3-1-2-4-11/h8H,1-7H2,(H,13,14). The van der Waals surface area contributed by atoms with E-state index < -0.39 is 12.0 Å². The number of rotatable bonds is 1. The number of carbonyl (C=O) groups is 2. The van der Waals surface area contributed by atoms with Crippen LogP contribution in [0.1, 0.15) is 12.8 Å². The van der Waals surface area contributed by atoms with Crippen molar-refractivity contribution >= 4 is 23.8 Å². The maximum Gasteiger partial charge on any atom is 0.327 e. The second-order valence-electron chi connectivity index (χ2n) is 4.10. The van der Waals surface area contributed by atoms with Crippen LogP contribution in [0, 0.1) is 0 Å². The molecule has 2 saturated heterocycles. The number of carboxylic acid groups (broad SMARTS) is 1. The molecule has 2 rings (SSSR count). The molecule has 2 amide bonds. The van der Waals surface area contributed by atoms with Crippen molar-refractivity contribution in [2.24, 2.45) is 0 Å². The maximum absolute atomic E-state index is 12.1. The van der Waals surface area contributed by atoms with Gasteiger partial charge in [-0.25, -0.2) is 9.59 Å². The Bertz CT molecular complexity index is 292. The number of nitrogens with zero attached hydrogens (tertiary/aromatic N) is 2. The number of hydrogen-bond acceptors (Lipinski definition) is 3. The Morgan fingerprint density at radius 2 is 1.88 bits per heavy atom. The van der Waals surface area contributed by atoms with E-state index in [9.17, 15) is 9.59 Å². The van der Waals surface area contributed by atoms with Gasteiger partial charge in [0.1, 0.15) is 6.04 Å². The number of thioether (sulfide) groups is 1. The highest BCUT2D eigenvalue weighted by Gasteiger charge is 2.35. The van der Waals surface area contributed by atoms with Crippen LogP contribution in [0.3, 0.4) is 0 Å². The van der Waals surface area contributed by atoms with Crippen LogP contribution in [0.25, 0.3) is 0 Å². The van der Waals surface area contributed by atoms with Crippen LogP contribution >= 0.6 is 11.8 Å². The third kappa shape index (κ3) is 2.26. The van der Waals surface area contributed by atoms with Gasteiger partial charge in [-0.3, -0.25) is 0 Å². The summed E-state index contributed by atoms with van der Waals surface area (Å²) in [6.45, 7) is 2.10. The van der Waals surface area contributed by atoms with Gasteiger partial charge in [-0.1, -0.05) is 0 Å². The Morgan fingerprint density at radius 1 is 1.19 bits per heavy atom. The molecule has 0 aromatic heterocycles. The van der Waals surface area contributed by atoms with Gasteiger partial charge in [0, 0.05) is 31.1 Å². The molecule has 1 N–H and O–H groups in total. The van der Waals surface area contributed by atoms with E-state index in [4.69, 9.17) is 5.11 Å². The van der Waals surface area contributed by atoms with E-state index in [0.29, 0.717) is 12.3 Å². The Hall–Kier alpha value is -0.910. The number of hydrogen-bond donors (Lipinski definition) is 1. The fourth-order valence-electron chi connectivity index (χ4n) is 2.13. The van der Waals surface area contributed by atoms with Crippen LogP contribution in [-0.4, -0.2) is 64.1 Å². The molecule has 1 atom stereocenters. The molecule has 1 unspecified atom stereocenters. The minimum Gasteiger partial charge on any atom is -0.480 e. The summed E-state index contributed by atoms with van der Waals surface area (Å²) < 4.78 is 0. The number of aliphatic carboxylic acids is 1. The second-order valence-corrected chi connectivity index (χ2v) is 5.25. The fourth-order valence-corrected chi connectivity index (χ4v) is 3.17. The average molecular weight is 244 g/mol. The Balaban J connectivity index is 2.04. The van der Waals surface area contributed by atoms with E-state index in [2.05, 4.69) is 0 Å². The topological polar surface area (TPSA) is 60.9 Å². The molecular weight excluding hydrogens is 228 g/mol. The van der Waals surface area contributed by atoms with Crippen molar-refractivity contribution in [1.82, 2.24) is 9.80 Å². The summed E-state index contributed by atoms with van der Waals surface area (Å²) in [6, 6.07) is -0.739. The third-order valence-electron chi connectivity index (χ3n) is 3.04. The van der Waals surface area contributed by atoms with Crippen LogP contribution in [0.15, 0.2) is 0 Å². The summed E-state index contributed by atoms with van der Waals surface area (Å²) in [7, 11) is 0. The average Bonchev–Trinajstić information content (AvgIpc) is 2.81. The predicted octanol–water partition coefficient (Wildman–Crippen LogP) is 0.704. The van der Waals surface area contributed by atoms with Crippen molar-refractivity contribution in [2.45, 2.75) is 18.9 Å². The Labute approximate surface area is 98.8 Å². The van der Waals surface area contributed by atoms with E-state index in [1.807, 2.05) is 0 Å². The smallest absolute Gasteiger partial charge is 0.327 e. The van der Waals surface area contributed by atoms with Crippen molar-refractivity contribution in [3.05, 3.63) is 0 Å². The SMILES string of the molecule is O=C(O)C1CSCCN1C(=O)N1CCCC1. The van der Waals surface area contributed by atoms with Crippen molar-refractivity contribution < 1.29 is 14.7 Å². The molecule has 0 aromatic rings. The molecule has 90 valence electrons. The lowest BCUT2D eigenvalue weighted by Crippen LogP contribution is -2.54. The highest BCUT2D eigenvalue weighted by atomic mass is 32.2. The normalized spacial score (nSPS) is 25.9. The van der Waals surface area contributed by atoms with Gasteiger partial charge in [-0.15, -0.1) is 0 Å². The zero-order chi connectivity index (χ0) is 11.5. The Morgan fingerprint density at radius 3 is 2.50 bits per heavy atom. The van der Waals surface area contributed by atoms with Gasteiger partial charge in [-0.05, 0) is 12.8 Å². The number of carboxylic acids is 1. The molecule has 2 aliphatic rings. The monoisotopic (exact) mass is 244 g/mol. The molecule has 0 saturated carbocycles. The first-order valence-corrected chi connectivity index (χ1v) is 6.71. The molecule has 2 heterocycles. The van der Waals surface area contributed by atoms with Crippen molar-refractivity contribution in [2.75, 3.05) is 31.1 Å². The molecule has 0 spiro atoms. The highest BCUT2D eigenvalue weighted by Crippen LogP contribution is 2.20. The third-order valence-corrected chi connectivity index (χ3v) is 4.06. The minimum atomic E-state index is -0.889. The van der Waals surface area contributed by atoms with E-state index in [0.717, 1.165) is 31.7 Å². The van der Waals surface area contributed by atoms with Gasteiger partial charge in [0.05, 0.1) is 0 Å². The van der Waals surface area contributed by atoms with Gasteiger partial charge < -0.3 is 14.9 Å². The van der Waals surface area contributed by atoms with Crippen molar-refractivity contribution in [3.63, 3.8) is 0 Å². The van der Waals surface area contributed by atoms with E-state index in [1.165, 1.54) is 4.90 Å². The Kier molecular flexibility index (Phi) is 3.58. The number of carbonyl (C=O) groups excluding carboxylic acids is 1. The van der Waals surface area contributed by atoms with E-state index in [1.54, 1.807) is 16.7 Å². The molecule has 0 radical (unpaired) electrons. The largest absolute Gasteiger partial charge is 0.480 e. The molecular formula is C10H16N2O3S. The van der Waals surface area contributed by atoms with Crippen LogP contribution in [0.2, 0.25) is 0 Å². The molecule has 6 heteroatoms. The molecule has 5 nitrogen and oxygen atoms in total. The van der Waals surface area contributed by atoms with Gasteiger partial charge in [0.15, 0.2) is 0 Å².